The van der Waals surface area contributed by atoms with Gasteiger partial charge in [0, 0.05) is 45.7 Å². The van der Waals surface area contributed by atoms with Crippen molar-refractivity contribution in [3.05, 3.63) is 30.1 Å². The van der Waals surface area contributed by atoms with Gasteiger partial charge in [-0.25, -0.2) is 4.39 Å². The lowest BCUT2D eigenvalue weighted by Gasteiger charge is -2.35. The van der Waals surface area contributed by atoms with Crippen LogP contribution in [0.3, 0.4) is 0 Å². The molecular weight excluding hydrogens is 325 g/mol. The van der Waals surface area contributed by atoms with E-state index < -0.39 is 0 Å². The SMILES string of the molecule is O=C1C[C@H](C(=O)N2CCN(CCCOc3ccc(F)cc3)CC2)CN1. The molecule has 6 nitrogen and oxygen atoms in total. The lowest BCUT2D eigenvalue weighted by Crippen LogP contribution is -2.50. The molecule has 1 atom stereocenters. The first-order chi connectivity index (χ1) is 12.1. The summed E-state index contributed by atoms with van der Waals surface area (Å²) in [6, 6.07) is 6.03. The van der Waals surface area contributed by atoms with Gasteiger partial charge >= 0.3 is 0 Å². The van der Waals surface area contributed by atoms with Gasteiger partial charge in [0.05, 0.1) is 12.5 Å². The molecule has 0 aromatic heterocycles. The second kappa shape index (κ2) is 8.29. The summed E-state index contributed by atoms with van der Waals surface area (Å²) in [5, 5.41) is 2.72. The number of carbonyl (C=O) groups excluding carboxylic acids is 2. The number of benzene rings is 1. The highest BCUT2D eigenvalue weighted by molar-refractivity contribution is 5.89. The van der Waals surface area contributed by atoms with Gasteiger partial charge in [0.2, 0.25) is 11.8 Å². The molecular formula is C18H24FN3O3. The van der Waals surface area contributed by atoms with Crippen LogP contribution in [0.2, 0.25) is 0 Å². The quantitative estimate of drug-likeness (QED) is 0.775. The van der Waals surface area contributed by atoms with Crippen molar-refractivity contribution in [2.24, 2.45) is 5.92 Å². The number of hydrogen-bond donors (Lipinski definition) is 1. The van der Waals surface area contributed by atoms with Crippen molar-refractivity contribution in [2.75, 3.05) is 45.9 Å². The lowest BCUT2D eigenvalue weighted by molar-refractivity contribution is -0.137. The molecule has 0 bridgehead atoms. The van der Waals surface area contributed by atoms with Gasteiger partial charge in [-0.3, -0.25) is 14.5 Å². The zero-order valence-corrected chi connectivity index (χ0v) is 14.2. The fourth-order valence-electron chi connectivity index (χ4n) is 3.24. The predicted octanol–water partition coefficient (Wildman–Crippen LogP) is 0.875. The van der Waals surface area contributed by atoms with Crippen molar-refractivity contribution < 1.29 is 18.7 Å². The summed E-state index contributed by atoms with van der Waals surface area (Å²) in [5.74, 6) is 0.285. The minimum Gasteiger partial charge on any atom is -0.494 e. The average molecular weight is 349 g/mol. The van der Waals surface area contributed by atoms with Gasteiger partial charge in [-0.1, -0.05) is 0 Å². The molecule has 2 aliphatic rings. The van der Waals surface area contributed by atoms with Crippen LogP contribution in [-0.4, -0.2) is 67.5 Å². The molecule has 0 spiro atoms. The molecule has 7 heteroatoms. The summed E-state index contributed by atoms with van der Waals surface area (Å²) in [6.45, 7) is 5.07. The van der Waals surface area contributed by atoms with E-state index in [-0.39, 0.29) is 23.5 Å². The Balaban J connectivity index is 1.32. The predicted molar refractivity (Wildman–Crippen MR) is 90.6 cm³/mol. The molecule has 2 amide bonds. The van der Waals surface area contributed by atoms with Crippen molar-refractivity contribution in [3.8, 4) is 5.75 Å². The molecule has 0 aliphatic carbocycles. The van der Waals surface area contributed by atoms with E-state index in [2.05, 4.69) is 10.2 Å². The molecule has 136 valence electrons. The number of amides is 2. The third kappa shape index (κ3) is 4.92. The molecule has 0 unspecified atom stereocenters. The van der Waals surface area contributed by atoms with E-state index in [9.17, 15) is 14.0 Å². The van der Waals surface area contributed by atoms with Gasteiger partial charge < -0.3 is 15.0 Å². The third-order valence-corrected chi connectivity index (χ3v) is 4.71. The van der Waals surface area contributed by atoms with E-state index in [0.29, 0.717) is 38.4 Å². The van der Waals surface area contributed by atoms with E-state index >= 15 is 0 Å². The maximum atomic E-state index is 12.8. The summed E-state index contributed by atoms with van der Waals surface area (Å²) in [6.07, 6.45) is 1.20. The molecule has 1 aromatic carbocycles. The monoisotopic (exact) mass is 349 g/mol. The van der Waals surface area contributed by atoms with Crippen LogP contribution in [0.15, 0.2) is 24.3 Å². The Hall–Kier alpha value is -2.15. The number of piperazine rings is 1. The lowest BCUT2D eigenvalue weighted by atomic mass is 10.1. The highest BCUT2D eigenvalue weighted by Gasteiger charge is 2.32. The first-order valence-corrected chi connectivity index (χ1v) is 8.78. The summed E-state index contributed by atoms with van der Waals surface area (Å²) >= 11 is 0. The number of nitrogens with one attached hydrogen (secondary N) is 1. The van der Waals surface area contributed by atoms with Gasteiger partial charge in [-0.05, 0) is 30.7 Å². The highest BCUT2D eigenvalue weighted by Crippen LogP contribution is 2.15. The molecule has 2 aliphatic heterocycles. The summed E-state index contributed by atoms with van der Waals surface area (Å²) in [7, 11) is 0. The van der Waals surface area contributed by atoms with Gasteiger partial charge in [-0.2, -0.15) is 0 Å². The Morgan fingerprint density at radius 3 is 2.56 bits per heavy atom. The summed E-state index contributed by atoms with van der Waals surface area (Å²) < 4.78 is 18.4. The van der Waals surface area contributed by atoms with Crippen LogP contribution in [0.25, 0.3) is 0 Å². The Morgan fingerprint density at radius 2 is 1.92 bits per heavy atom. The Morgan fingerprint density at radius 1 is 1.20 bits per heavy atom. The van der Waals surface area contributed by atoms with Gasteiger partial charge in [0.1, 0.15) is 11.6 Å². The molecule has 3 rings (SSSR count). The smallest absolute Gasteiger partial charge is 0.228 e. The van der Waals surface area contributed by atoms with Crippen LogP contribution < -0.4 is 10.1 Å². The number of halogens is 1. The molecule has 2 fully saturated rings. The van der Waals surface area contributed by atoms with Gasteiger partial charge in [-0.15, -0.1) is 0 Å². The fraction of sp³-hybridized carbons (Fsp3) is 0.556. The highest BCUT2D eigenvalue weighted by atomic mass is 19.1. The van der Waals surface area contributed by atoms with Crippen molar-refractivity contribution in [1.29, 1.82) is 0 Å². The molecule has 1 aromatic rings. The van der Waals surface area contributed by atoms with E-state index in [1.807, 2.05) is 4.90 Å². The second-order valence-electron chi connectivity index (χ2n) is 6.53. The van der Waals surface area contributed by atoms with E-state index in [1.165, 1.54) is 12.1 Å². The van der Waals surface area contributed by atoms with Gasteiger partial charge in [0.15, 0.2) is 0 Å². The largest absolute Gasteiger partial charge is 0.494 e. The molecule has 1 N–H and O–H groups in total. The molecule has 25 heavy (non-hydrogen) atoms. The van der Waals surface area contributed by atoms with Crippen LogP contribution in [0.4, 0.5) is 4.39 Å². The first-order valence-electron chi connectivity index (χ1n) is 8.78. The van der Waals surface area contributed by atoms with Crippen LogP contribution in [0, 0.1) is 11.7 Å². The first kappa shape index (κ1) is 17.7. The van der Waals surface area contributed by atoms with Gasteiger partial charge in [0.25, 0.3) is 0 Å². The second-order valence-corrected chi connectivity index (χ2v) is 6.53. The number of nitrogens with zero attached hydrogens (tertiary/aromatic N) is 2. The van der Waals surface area contributed by atoms with E-state index in [4.69, 9.17) is 4.74 Å². The molecule has 0 radical (unpaired) electrons. The van der Waals surface area contributed by atoms with Crippen molar-refractivity contribution >= 4 is 11.8 Å². The number of ether oxygens (including phenoxy) is 1. The standard InChI is InChI=1S/C18H24FN3O3/c19-15-2-4-16(5-3-15)25-11-1-6-21-7-9-22(10-8-21)18(24)14-12-17(23)20-13-14/h2-5,14H,1,6-13H2,(H,20,23)/t14-/m0/s1. The Bertz CT molecular complexity index is 600. The zero-order valence-electron chi connectivity index (χ0n) is 14.2. The minimum atomic E-state index is -0.266. The van der Waals surface area contributed by atoms with Crippen molar-refractivity contribution in [2.45, 2.75) is 12.8 Å². The van der Waals surface area contributed by atoms with Crippen LogP contribution in [0.5, 0.6) is 5.75 Å². The van der Waals surface area contributed by atoms with Crippen molar-refractivity contribution in [1.82, 2.24) is 15.1 Å². The maximum absolute atomic E-state index is 12.8. The number of rotatable bonds is 6. The Labute approximate surface area is 146 Å². The number of hydrogen-bond acceptors (Lipinski definition) is 4. The summed E-state index contributed by atoms with van der Waals surface area (Å²) in [5.41, 5.74) is 0. The minimum absolute atomic E-state index is 0.0295. The topological polar surface area (TPSA) is 61.9 Å². The van der Waals surface area contributed by atoms with Crippen LogP contribution in [0.1, 0.15) is 12.8 Å². The normalized spacial score (nSPS) is 21.2. The van der Waals surface area contributed by atoms with E-state index in [0.717, 1.165) is 26.1 Å². The third-order valence-electron chi connectivity index (χ3n) is 4.71. The average Bonchev–Trinajstić information content (AvgIpc) is 3.06. The molecule has 0 saturated carbocycles. The molecule has 2 heterocycles. The van der Waals surface area contributed by atoms with Crippen molar-refractivity contribution in [3.63, 3.8) is 0 Å². The van der Waals surface area contributed by atoms with Crippen LogP contribution >= 0.6 is 0 Å². The maximum Gasteiger partial charge on any atom is 0.228 e. The van der Waals surface area contributed by atoms with E-state index in [1.54, 1.807) is 12.1 Å². The molecule has 2 saturated heterocycles. The van der Waals surface area contributed by atoms with Crippen LogP contribution in [-0.2, 0) is 9.59 Å². The zero-order chi connectivity index (χ0) is 17.6. The summed E-state index contributed by atoms with van der Waals surface area (Å²) in [4.78, 5) is 27.8. The Kier molecular flexibility index (Phi) is 5.86. The number of carbonyl (C=O) groups is 2. The fourth-order valence-corrected chi connectivity index (χ4v) is 3.24.